The minimum Gasteiger partial charge on any atom is -0.383 e. The number of anilines is 1. The van der Waals surface area contributed by atoms with Gasteiger partial charge in [0.15, 0.2) is 0 Å². The van der Waals surface area contributed by atoms with Gasteiger partial charge in [-0.3, -0.25) is 9.48 Å². The van der Waals surface area contributed by atoms with E-state index in [4.69, 9.17) is 10.5 Å². The number of nitrogens with zero attached hydrogens (tertiary/aromatic N) is 2. The van der Waals surface area contributed by atoms with Gasteiger partial charge >= 0.3 is 0 Å². The van der Waals surface area contributed by atoms with Gasteiger partial charge in [0.2, 0.25) is 5.91 Å². The highest BCUT2D eigenvalue weighted by Crippen LogP contribution is 2.06. The van der Waals surface area contributed by atoms with E-state index in [1.807, 2.05) is 6.92 Å². The lowest BCUT2D eigenvalue weighted by Crippen LogP contribution is -2.35. The number of nitrogens with two attached hydrogens (primary N) is 1. The first-order valence-corrected chi connectivity index (χ1v) is 5.75. The number of nitrogens with one attached hydrogen (secondary N) is 1. The van der Waals surface area contributed by atoms with Crippen LogP contribution in [0.5, 0.6) is 0 Å². The molecule has 0 radical (unpaired) electrons. The Balaban J connectivity index is 0.00000289. The standard InChI is InChI=1S/C11H20N4O2.ClH/c1-3-4-10(12)11(16)14-9-7-13-15(8-9)5-6-17-2;/h7-8,10H,3-6,12H2,1-2H3,(H,14,16);1H. The van der Waals surface area contributed by atoms with Crippen molar-refractivity contribution in [3.8, 4) is 0 Å². The van der Waals surface area contributed by atoms with Crippen molar-refractivity contribution in [1.82, 2.24) is 9.78 Å². The third-order valence-corrected chi connectivity index (χ3v) is 2.36. The van der Waals surface area contributed by atoms with Crippen molar-refractivity contribution >= 4 is 24.0 Å². The Hall–Kier alpha value is -1.11. The SMILES string of the molecule is CCCC(N)C(=O)Nc1cnn(CCOC)c1.Cl. The number of methoxy groups -OCH3 is 1. The smallest absolute Gasteiger partial charge is 0.241 e. The Bertz CT molecular complexity index is 357. The highest BCUT2D eigenvalue weighted by Gasteiger charge is 2.12. The van der Waals surface area contributed by atoms with Gasteiger partial charge in [0.1, 0.15) is 0 Å². The number of ether oxygens (including phenoxy) is 1. The molecule has 3 N–H and O–H groups in total. The molecule has 7 heteroatoms. The molecule has 104 valence electrons. The molecular weight excluding hydrogens is 256 g/mol. The van der Waals surface area contributed by atoms with E-state index in [2.05, 4.69) is 10.4 Å². The Kier molecular flexibility index (Phi) is 8.36. The van der Waals surface area contributed by atoms with Gasteiger partial charge in [-0.1, -0.05) is 13.3 Å². The zero-order valence-electron chi connectivity index (χ0n) is 10.8. The fourth-order valence-corrected chi connectivity index (χ4v) is 1.41. The minimum absolute atomic E-state index is 0. The van der Waals surface area contributed by atoms with Crippen molar-refractivity contribution in [2.45, 2.75) is 32.4 Å². The predicted octanol–water partition coefficient (Wildman–Crippen LogP) is 1.02. The number of amides is 1. The van der Waals surface area contributed by atoms with Gasteiger partial charge in [-0.15, -0.1) is 12.4 Å². The summed E-state index contributed by atoms with van der Waals surface area (Å²) in [6.45, 7) is 3.24. The highest BCUT2D eigenvalue weighted by atomic mass is 35.5. The molecule has 6 nitrogen and oxygen atoms in total. The number of rotatable bonds is 7. The average Bonchev–Trinajstić information content (AvgIpc) is 2.74. The molecule has 1 amide bonds. The molecule has 0 aliphatic rings. The number of hydrogen-bond acceptors (Lipinski definition) is 4. The minimum atomic E-state index is -0.456. The van der Waals surface area contributed by atoms with E-state index in [0.717, 1.165) is 6.42 Å². The molecule has 0 saturated carbocycles. The van der Waals surface area contributed by atoms with E-state index in [9.17, 15) is 4.79 Å². The molecule has 1 heterocycles. The lowest BCUT2D eigenvalue weighted by molar-refractivity contribution is -0.117. The molecule has 0 fully saturated rings. The molecule has 1 atom stereocenters. The van der Waals surface area contributed by atoms with Crippen LogP contribution >= 0.6 is 12.4 Å². The lowest BCUT2D eigenvalue weighted by atomic mass is 10.2. The van der Waals surface area contributed by atoms with Crippen molar-refractivity contribution in [3.63, 3.8) is 0 Å². The van der Waals surface area contributed by atoms with Gasteiger partial charge in [-0.2, -0.15) is 5.10 Å². The van der Waals surface area contributed by atoms with Gasteiger partial charge in [0, 0.05) is 13.3 Å². The largest absolute Gasteiger partial charge is 0.383 e. The van der Waals surface area contributed by atoms with Crippen LogP contribution in [0.25, 0.3) is 0 Å². The molecule has 1 unspecified atom stereocenters. The molecule has 0 aliphatic carbocycles. The molecule has 0 aliphatic heterocycles. The highest BCUT2D eigenvalue weighted by molar-refractivity contribution is 5.94. The lowest BCUT2D eigenvalue weighted by Gasteiger charge is -2.09. The van der Waals surface area contributed by atoms with Crippen LogP contribution in [0.15, 0.2) is 12.4 Å². The van der Waals surface area contributed by atoms with Gasteiger partial charge in [0.25, 0.3) is 0 Å². The molecule has 1 aromatic rings. The molecule has 0 aromatic carbocycles. The van der Waals surface area contributed by atoms with Crippen LogP contribution in [0.4, 0.5) is 5.69 Å². The first-order chi connectivity index (χ1) is 8.17. The van der Waals surface area contributed by atoms with Crippen LogP contribution in [-0.4, -0.2) is 35.4 Å². The third kappa shape index (κ3) is 5.48. The van der Waals surface area contributed by atoms with Crippen molar-refractivity contribution in [3.05, 3.63) is 12.4 Å². The van der Waals surface area contributed by atoms with Gasteiger partial charge in [-0.05, 0) is 6.42 Å². The van der Waals surface area contributed by atoms with Gasteiger partial charge < -0.3 is 15.8 Å². The molecular formula is C11H21ClN4O2. The van der Waals surface area contributed by atoms with Crippen LogP contribution in [-0.2, 0) is 16.1 Å². The number of carbonyl (C=O) groups excluding carboxylic acids is 1. The fraction of sp³-hybridized carbons (Fsp3) is 0.636. The number of hydrogen-bond donors (Lipinski definition) is 2. The Morgan fingerprint density at radius 1 is 1.67 bits per heavy atom. The molecule has 0 spiro atoms. The third-order valence-electron chi connectivity index (χ3n) is 2.36. The first kappa shape index (κ1) is 16.9. The molecule has 0 bridgehead atoms. The van der Waals surface area contributed by atoms with Crippen molar-refractivity contribution in [2.24, 2.45) is 5.73 Å². The van der Waals surface area contributed by atoms with Crippen LogP contribution in [0.1, 0.15) is 19.8 Å². The number of carbonyl (C=O) groups is 1. The van der Waals surface area contributed by atoms with E-state index in [1.54, 1.807) is 24.2 Å². The summed E-state index contributed by atoms with van der Waals surface area (Å²) in [7, 11) is 1.63. The van der Waals surface area contributed by atoms with Crippen LogP contribution in [0.2, 0.25) is 0 Å². The maximum atomic E-state index is 11.6. The normalized spacial score (nSPS) is 11.7. The Labute approximate surface area is 113 Å². The molecule has 0 saturated heterocycles. The zero-order valence-corrected chi connectivity index (χ0v) is 11.6. The summed E-state index contributed by atoms with van der Waals surface area (Å²) in [6.07, 6.45) is 4.94. The second-order valence-corrected chi connectivity index (χ2v) is 3.87. The van der Waals surface area contributed by atoms with E-state index in [1.165, 1.54) is 0 Å². The van der Waals surface area contributed by atoms with E-state index in [0.29, 0.717) is 25.3 Å². The second-order valence-electron chi connectivity index (χ2n) is 3.87. The van der Waals surface area contributed by atoms with E-state index >= 15 is 0 Å². The molecule has 1 aromatic heterocycles. The van der Waals surface area contributed by atoms with Crippen molar-refractivity contribution < 1.29 is 9.53 Å². The van der Waals surface area contributed by atoms with E-state index in [-0.39, 0.29) is 18.3 Å². The van der Waals surface area contributed by atoms with Gasteiger partial charge in [0.05, 0.1) is 31.1 Å². The maximum Gasteiger partial charge on any atom is 0.241 e. The maximum absolute atomic E-state index is 11.6. The van der Waals surface area contributed by atoms with Crippen LogP contribution in [0, 0.1) is 0 Å². The summed E-state index contributed by atoms with van der Waals surface area (Å²) in [5.74, 6) is -0.168. The van der Waals surface area contributed by atoms with Crippen molar-refractivity contribution in [2.75, 3.05) is 19.0 Å². The fourth-order valence-electron chi connectivity index (χ4n) is 1.41. The Morgan fingerprint density at radius 3 is 3.00 bits per heavy atom. The zero-order chi connectivity index (χ0) is 12.7. The Morgan fingerprint density at radius 2 is 2.39 bits per heavy atom. The summed E-state index contributed by atoms with van der Waals surface area (Å²) in [5.41, 5.74) is 6.37. The monoisotopic (exact) mass is 276 g/mol. The number of aromatic nitrogens is 2. The average molecular weight is 277 g/mol. The number of halogens is 1. The summed E-state index contributed by atoms with van der Waals surface area (Å²) >= 11 is 0. The first-order valence-electron chi connectivity index (χ1n) is 5.75. The van der Waals surface area contributed by atoms with Crippen LogP contribution < -0.4 is 11.1 Å². The van der Waals surface area contributed by atoms with Crippen LogP contribution in [0.3, 0.4) is 0 Å². The van der Waals surface area contributed by atoms with Crippen molar-refractivity contribution in [1.29, 1.82) is 0 Å². The molecule has 1 rings (SSSR count). The second kappa shape index (κ2) is 8.91. The summed E-state index contributed by atoms with van der Waals surface area (Å²) < 4.78 is 6.65. The summed E-state index contributed by atoms with van der Waals surface area (Å²) in [4.78, 5) is 11.6. The van der Waals surface area contributed by atoms with Gasteiger partial charge in [-0.25, -0.2) is 0 Å². The summed E-state index contributed by atoms with van der Waals surface area (Å²) in [6, 6.07) is -0.456. The molecule has 18 heavy (non-hydrogen) atoms. The summed E-state index contributed by atoms with van der Waals surface area (Å²) in [5, 5.41) is 6.83. The quantitative estimate of drug-likeness (QED) is 0.779. The topological polar surface area (TPSA) is 82.2 Å². The predicted molar refractivity (Wildman–Crippen MR) is 72.9 cm³/mol. The van der Waals surface area contributed by atoms with E-state index < -0.39 is 6.04 Å².